The van der Waals surface area contributed by atoms with Gasteiger partial charge in [0, 0.05) is 29.7 Å². The molecule has 0 bridgehead atoms. The van der Waals surface area contributed by atoms with Crippen LogP contribution in [0.25, 0.3) is 11.3 Å². The standard InChI is InChI=1S/C20H17N5/c21-20-23-13-17(18(24-20)15-7-3-1-4-8-15)19(25-12-11-22-14-25)16-9-5-2-6-10-16/h1-14,19H,(H2,21,23,24). The Bertz CT molecular complexity index is 950. The van der Waals surface area contributed by atoms with Gasteiger partial charge in [-0.05, 0) is 5.56 Å². The summed E-state index contributed by atoms with van der Waals surface area (Å²) in [5.74, 6) is 0.264. The second-order valence-electron chi connectivity index (χ2n) is 5.72. The molecule has 122 valence electrons. The zero-order valence-corrected chi connectivity index (χ0v) is 13.5. The molecule has 0 fully saturated rings. The molecule has 0 saturated heterocycles. The minimum atomic E-state index is -0.0838. The molecule has 0 spiro atoms. The Balaban J connectivity index is 1.94. The molecule has 0 amide bonds. The molecule has 0 aliphatic carbocycles. The molecule has 2 aromatic carbocycles. The number of hydrogen-bond donors (Lipinski definition) is 1. The lowest BCUT2D eigenvalue weighted by atomic mass is 9.95. The quantitative estimate of drug-likeness (QED) is 0.622. The van der Waals surface area contributed by atoms with Crippen molar-refractivity contribution in [3.8, 4) is 11.3 Å². The Morgan fingerprint density at radius 2 is 1.64 bits per heavy atom. The Labute approximate surface area is 145 Å². The number of anilines is 1. The van der Waals surface area contributed by atoms with E-state index in [1.165, 1.54) is 0 Å². The van der Waals surface area contributed by atoms with Crippen LogP contribution in [0.1, 0.15) is 17.2 Å². The van der Waals surface area contributed by atoms with Gasteiger partial charge in [-0.25, -0.2) is 15.0 Å². The zero-order valence-electron chi connectivity index (χ0n) is 13.5. The normalized spacial score (nSPS) is 12.0. The predicted octanol–water partition coefficient (Wildman–Crippen LogP) is 3.56. The van der Waals surface area contributed by atoms with Crippen LogP contribution in [0.2, 0.25) is 0 Å². The molecule has 2 aromatic heterocycles. The van der Waals surface area contributed by atoms with E-state index < -0.39 is 0 Å². The summed E-state index contributed by atoms with van der Waals surface area (Å²) in [6.07, 6.45) is 7.34. The highest BCUT2D eigenvalue weighted by atomic mass is 15.1. The van der Waals surface area contributed by atoms with Crippen LogP contribution >= 0.6 is 0 Å². The molecule has 25 heavy (non-hydrogen) atoms. The van der Waals surface area contributed by atoms with Gasteiger partial charge in [-0.15, -0.1) is 0 Å². The van der Waals surface area contributed by atoms with Gasteiger partial charge in [-0.2, -0.15) is 0 Å². The van der Waals surface area contributed by atoms with Crippen LogP contribution in [0, 0.1) is 0 Å². The van der Waals surface area contributed by atoms with Crippen LogP contribution in [-0.2, 0) is 0 Å². The second kappa shape index (κ2) is 6.57. The van der Waals surface area contributed by atoms with Crippen LogP contribution in [0.5, 0.6) is 0 Å². The van der Waals surface area contributed by atoms with Crippen molar-refractivity contribution >= 4 is 5.95 Å². The molecule has 1 unspecified atom stereocenters. The van der Waals surface area contributed by atoms with Crippen molar-refractivity contribution in [2.45, 2.75) is 6.04 Å². The third-order valence-corrected chi connectivity index (χ3v) is 4.12. The average molecular weight is 327 g/mol. The maximum Gasteiger partial charge on any atom is 0.220 e. The van der Waals surface area contributed by atoms with Crippen molar-refractivity contribution < 1.29 is 0 Å². The summed E-state index contributed by atoms with van der Waals surface area (Å²) in [7, 11) is 0. The van der Waals surface area contributed by atoms with E-state index >= 15 is 0 Å². The maximum atomic E-state index is 5.88. The maximum absolute atomic E-state index is 5.88. The predicted molar refractivity (Wildman–Crippen MR) is 97.8 cm³/mol. The summed E-state index contributed by atoms with van der Waals surface area (Å²) < 4.78 is 2.05. The van der Waals surface area contributed by atoms with E-state index in [0.717, 1.165) is 22.4 Å². The van der Waals surface area contributed by atoms with Crippen molar-refractivity contribution in [3.63, 3.8) is 0 Å². The van der Waals surface area contributed by atoms with Gasteiger partial charge in [0.1, 0.15) is 0 Å². The largest absolute Gasteiger partial charge is 0.368 e. The van der Waals surface area contributed by atoms with Crippen molar-refractivity contribution in [1.29, 1.82) is 0 Å². The topological polar surface area (TPSA) is 69.6 Å². The van der Waals surface area contributed by atoms with E-state index in [0.29, 0.717) is 0 Å². The summed E-state index contributed by atoms with van der Waals surface area (Å²) in [5.41, 5.74) is 9.82. The van der Waals surface area contributed by atoms with Crippen molar-refractivity contribution in [2.24, 2.45) is 0 Å². The molecule has 2 N–H and O–H groups in total. The fourth-order valence-corrected chi connectivity index (χ4v) is 3.00. The SMILES string of the molecule is Nc1ncc(C(c2ccccc2)n2ccnc2)c(-c2ccccc2)n1. The lowest BCUT2D eigenvalue weighted by Crippen LogP contribution is -2.14. The van der Waals surface area contributed by atoms with E-state index in [9.17, 15) is 0 Å². The van der Waals surface area contributed by atoms with E-state index in [1.807, 2.05) is 67.3 Å². The van der Waals surface area contributed by atoms with E-state index in [2.05, 4.69) is 31.7 Å². The van der Waals surface area contributed by atoms with Crippen molar-refractivity contribution in [3.05, 3.63) is 96.7 Å². The lowest BCUT2D eigenvalue weighted by molar-refractivity contribution is 0.672. The monoisotopic (exact) mass is 327 g/mol. The first-order valence-corrected chi connectivity index (χ1v) is 8.03. The van der Waals surface area contributed by atoms with E-state index in [1.54, 1.807) is 6.20 Å². The number of benzene rings is 2. The smallest absolute Gasteiger partial charge is 0.220 e. The zero-order chi connectivity index (χ0) is 17.1. The van der Waals surface area contributed by atoms with Crippen molar-refractivity contribution in [1.82, 2.24) is 19.5 Å². The van der Waals surface area contributed by atoms with Gasteiger partial charge in [0.15, 0.2) is 0 Å². The van der Waals surface area contributed by atoms with Crippen LogP contribution in [0.4, 0.5) is 5.95 Å². The highest BCUT2D eigenvalue weighted by Crippen LogP contribution is 2.33. The Hall–Kier alpha value is -3.47. The second-order valence-corrected chi connectivity index (χ2v) is 5.72. The van der Waals surface area contributed by atoms with E-state index in [-0.39, 0.29) is 12.0 Å². The molecule has 4 aromatic rings. The van der Waals surface area contributed by atoms with Crippen molar-refractivity contribution in [2.75, 3.05) is 5.73 Å². The highest BCUT2D eigenvalue weighted by molar-refractivity contribution is 5.65. The Morgan fingerprint density at radius 3 is 2.32 bits per heavy atom. The van der Waals surface area contributed by atoms with Gasteiger partial charge in [-0.1, -0.05) is 60.7 Å². The highest BCUT2D eigenvalue weighted by Gasteiger charge is 2.21. The average Bonchev–Trinajstić information content (AvgIpc) is 3.19. The number of imidazole rings is 1. The third-order valence-electron chi connectivity index (χ3n) is 4.12. The van der Waals surface area contributed by atoms with E-state index in [4.69, 9.17) is 5.73 Å². The summed E-state index contributed by atoms with van der Waals surface area (Å²) in [6.45, 7) is 0. The Morgan fingerprint density at radius 1 is 0.920 bits per heavy atom. The number of hydrogen-bond acceptors (Lipinski definition) is 4. The molecule has 0 saturated carbocycles. The van der Waals surface area contributed by atoms with Crippen LogP contribution < -0.4 is 5.73 Å². The molecule has 5 heteroatoms. The summed E-state index contributed by atoms with van der Waals surface area (Å²) >= 11 is 0. The van der Waals surface area contributed by atoms with Crippen LogP contribution in [0.3, 0.4) is 0 Å². The first-order chi connectivity index (χ1) is 12.3. The van der Waals surface area contributed by atoms with Gasteiger partial charge in [0.05, 0.1) is 18.1 Å². The first kappa shape index (κ1) is 15.1. The van der Waals surface area contributed by atoms with Crippen LogP contribution in [0.15, 0.2) is 85.6 Å². The third kappa shape index (κ3) is 2.99. The molecule has 0 radical (unpaired) electrons. The fourth-order valence-electron chi connectivity index (χ4n) is 3.00. The molecule has 0 aliphatic rings. The number of nitrogens with two attached hydrogens (primary N) is 1. The molecular formula is C20H17N5. The number of nitrogens with zero attached hydrogens (tertiary/aromatic N) is 4. The molecule has 5 nitrogen and oxygen atoms in total. The molecule has 2 heterocycles. The molecule has 4 rings (SSSR count). The Kier molecular flexibility index (Phi) is 3.96. The van der Waals surface area contributed by atoms with Gasteiger partial charge in [0.25, 0.3) is 0 Å². The number of rotatable bonds is 4. The minimum absolute atomic E-state index is 0.0838. The van der Waals surface area contributed by atoms with Gasteiger partial charge in [-0.3, -0.25) is 0 Å². The van der Waals surface area contributed by atoms with Crippen LogP contribution in [-0.4, -0.2) is 19.5 Å². The molecule has 0 aliphatic heterocycles. The summed E-state index contributed by atoms with van der Waals surface area (Å²) in [6, 6.07) is 20.2. The minimum Gasteiger partial charge on any atom is -0.368 e. The van der Waals surface area contributed by atoms with Gasteiger partial charge >= 0.3 is 0 Å². The van der Waals surface area contributed by atoms with Gasteiger partial charge in [0.2, 0.25) is 5.95 Å². The molecular weight excluding hydrogens is 310 g/mol. The summed E-state index contributed by atoms with van der Waals surface area (Å²) in [4.78, 5) is 13.0. The number of nitrogen functional groups attached to an aromatic ring is 1. The number of aromatic nitrogens is 4. The molecule has 1 atom stereocenters. The van der Waals surface area contributed by atoms with Gasteiger partial charge < -0.3 is 10.3 Å². The first-order valence-electron chi connectivity index (χ1n) is 8.03. The fraction of sp³-hybridized carbons (Fsp3) is 0.0500. The summed E-state index contributed by atoms with van der Waals surface area (Å²) in [5, 5.41) is 0. The lowest BCUT2D eigenvalue weighted by Gasteiger charge is -2.22.